The first-order valence-corrected chi connectivity index (χ1v) is 2.62. The molecule has 0 amide bonds. The van der Waals surface area contributed by atoms with Crippen LogP contribution in [0.2, 0.25) is 0 Å². The topological polar surface area (TPSA) is 17.1 Å². The molecule has 0 aliphatic heterocycles. The first-order valence-electron chi connectivity index (χ1n) is 3.33. The highest BCUT2D eigenvalue weighted by Gasteiger charge is 1.87. The van der Waals surface area contributed by atoms with Crippen LogP contribution in [0.15, 0.2) is 0 Å². The molecule has 0 bridgehead atoms. The standard InChI is InChI=1S/C6H12O.8CH4/c1-3-4-5-6(2)7;;;;;;;;/h3-5H2,1-2H3;8*1H4/i2D;;;;;;;;. The van der Waals surface area contributed by atoms with Gasteiger partial charge in [0.1, 0.15) is 5.78 Å². The second-order valence-electron chi connectivity index (χ2n) is 1.64. The Balaban J connectivity index is -0.00000000875. The molecule has 0 saturated heterocycles. The van der Waals surface area contributed by atoms with Crippen molar-refractivity contribution >= 4 is 5.78 Å². The number of carbonyl (C=O) groups excluding carboxylic acids is 1. The van der Waals surface area contributed by atoms with Crippen molar-refractivity contribution in [2.75, 3.05) is 0 Å². The Morgan fingerprint density at radius 1 is 0.933 bits per heavy atom. The van der Waals surface area contributed by atoms with E-state index in [1.54, 1.807) is 0 Å². The number of carbonyl (C=O) groups is 1. The second kappa shape index (κ2) is 68.3. The van der Waals surface area contributed by atoms with E-state index in [1.165, 1.54) is 0 Å². The molecule has 0 aromatic rings. The van der Waals surface area contributed by atoms with Gasteiger partial charge < -0.3 is 4.79 Å². The van der Waals surface area contributed by atoms with E-state index in [0.29, 0.717) is 6.42 Å². The van der Waals surface area contributed by atoms with Crippen molar-refractivity contribution < 1.29 is 6.17 Å². The SMILES string of the molecule is C.C.C.C.C.C.C.C.[2H]CC(=O)CCCC. The molecular formula is C14H44O. The highest BCUT2D eigenvalue weighted by molar-refractivity contribution is 5.75. The lowest BCUT2D eigenvalue weighted by atomic mass is 10.2. The molecule has 1 heteroatoms. The van der Waals surface area contributed by atoms with Gasteiger partial charge in [-0.2, -0.15) is 0 Å². The molecule has 15 heavy (non-hydrogen) atoms. The summed E-state index contributed by atoms with van der Waals surface area (Å²) in [5.74, 6) is 0.0619. The third-order valence-corrected chi connectivity index (χ3v) is 0.809. The normalized spacial score (nSPS) is 5.00. The first-order chi connectivity index (χ1) is 3.81. The zero-order chi connectivity index (χ0) is 6.41. The summed E-state index contributed by atoms with van der Waals surface area (Å²) in [5, 5.41) is 0. The van der Waals surface area contributed by atoms with Crippen molar-refractivity contribution in [2.45, 2.75) is 92.5 Å². The zero-order valence-corrected chi connectivity index (χ0v) is 4.74. The Bertz CT molecular complexity index is 73.1. The molecule has 0 unspecified atom stereocenters. The van der Waals surface area contributed by atoms with E-state index in [4.69, 9.17) is 1.37 Å². The maximum atomic E-state index is 10.4. The Hall–Kier alpha value is -0.330. The Labute approximate surface area is 105 Å². The van der Waals surface area contributed by atoms with Crippen molar-refractivity contribution in [3.8, 4) is 0 Å². The molecule has 0 aromatic heterocycles. The molecule has 106 valence electrons. The minimum absolute atomic E-state index is 0. The van der Waals surface area contributed by atoms with Gasteiger partial charge in [-0.1, -0.05) is 72.8 Å². The lowest BCUT2D eigenvalue weighted by Crippen LogP contribution is -1.86. The fraction of sp³-hybridized carbons (Fsp3) is 0.929. The van der Waals surface area contributed by atoms with Gasteiger partial charge in [-0.25, -0.2) is 0 Å². The lowest BCUT2D eigenvalue weighted by Gasteiger charge is -1.86. The average Bonchev–Trinajstić information content (AvgIpc) is 1.83. The summed E-state index contributed by atoms with van der Waals surface area (Å²) in [6.45, 7) is 2.00. The van der Waals surface area contributed by atoms with Gasteiger partial charge in [0.2, 0.25) is 0 Å². The zero-order valence-electron chi connectivity index (χ0n) is 5.74. The summed E-state index contributed by atoms with van der Waals surface area (Å²) in [6.07, 6.45) is 2.59. The number of Topliss-reactive ketones (excluding diaryl/α,β-unsaturated/α-hetero) is 1. The predicted octanol–water partition coefficient (Wildman–Crippen LogP) is 6.85. The van der Waals surface area contributed by atoms with Gasteiger partial charge in [-0.15, -0.1) is 0 Å². The molecule has 0 aliphatic rings. The molecule has 0 N–H and O–H groups in total. The van der Waals surface area contributed by atoms with Crippen LogP contribution in [0.4, 0.5) is 0 Å². The minimum Gasteiger partial charge on any atom is -0.300 e. The average molecular weight is 230 g/mol. The third-order valence-electron chi connectivity index (χ3n) is 0.809. The van der Waals surface area contributed by atoms with E-state index in [2.05, 4.69) is 0 Å². The molecule has 0 aromatic carbocycles. The van der Waals surface area contributed by atoms with E-state index >= 15 is 0 Å². The Kier molecular flexibility index (Phi) is 280. The van der Waals surface area contributed by atoms with E-state index < -0.39 is 0 Å². The summed E-state index contributed by atoms with van der Waals surface area (Å²) in [5.41, 5.74) is 0. The van der Waals surface area contributed by atoms with E-state index in [-0.39, 0.29) is 72.1 Å². The van der Waals surface area contributed by atoms with Gasteiger partial charge in [0.05, 0.1) is 0 Å². The molecule has 0 spiro atoms. The van der Waals surface area contributed by atoms with Crippen molar-refractivity contribution in [3.05, 3.63) is 0 Å². The van der Waals surface area contributed by atoms with Crippen molar-refractivity contribution in [1.29, 1.82) is 0 Å². The smallest absolute Gasteiger partial charge is 0.129 e. The Morgan fingerprint density at radius 2 is 1.27 bits per heavy atom. The summed E-state index contributed by atoms with van der Waals surface area (Å²) >= 11 is 0. The maximum absolute atomic E-state index is 10.4. The highest BCUT2D eigenvalue weighted by atomic mass is 16.1. The summed E-state index contributed by atoms with van der Waals surface area (Å²) in [7, 11) is 0. The molecule has 0 atom stereocenters. The van der Waals surface area contributed by atoms with Crippen LogP contribution in [0.1, 0.15) is 93.9 Å². The number of unbranched alkanes of at least 4 members (excludes halogenated alkanes) is 1. The highest BCUT2D eigenvalue weighted by Crippen LogP contribution is 1.92. The van der Waals surface area contributed by atoms with Crippen LogP contribution in [0, 0.1) is 0 Å². The second-order valence-corrected chi connectivity index (χ2v) is 1.64. The van der Waals surface area contributed by atoms with Crippen molar-refractivity contribution in [2.24, 2.45) is 0 Å². The maximum Gasteiger partial charge on any atom is 0.129 e. The first kappa shape index (κ1) is 61.6. The van der Waals surface area contributed by atoms with E-state index in [0.717, 1.165) is 12.8 Å². The van der Waals surface area contributed by atoms with Gasteiger partial charge in [0.15, 0.2) is 0 Å². The summed E-state index contributed by atoms with van der Waals surface area (Å²) in [4.78, 5) is 10.4. The van der Waals surface area contributed by atoms with Crippen LogP contribution in [0.25, 0.3) is 0 Å². The molecule has 0 radical (unpaired) electrons. The summed E-state index contributed by atoms with van der Waals surface area (Å²) < 4.78 is 6.64. The van der Waals surface area contributed by atoms with Crippen LogP contribution >= 0.6 is 0 Å². The van der Waals surface area contributed by atoms with Gasteiger partial charge in [-0.05, 0) is 13.3 Å². The molecule has 0 aliphatic carbocycles. The summed E-state index contributed by atoms with van der Waals surface area (Å²) in [6, 6.07) is 0. The number of hydrogen-bond donors (Lipinski definition) is 0. The van der Waals surface area contributed by atoms with Gasteiger partial charge in [-0.3, -0.25) is 0 Å². The van der Waals surface area contributed by atoms with Crippen LogP contribution < -0.4 is 0 Å². The van der Waals surface area contributed by atoms with Crippen LogP contribution in [-0.4, -0.2) is 5.78 Å². The largest absolute Gasteiger partial charge is 0.300 e. The quantitative estimate of drug-likeness (QED) is 0.517. The molecule has 0 fully saturated rings. The number of rotatable bonds is 3. The van der Waals surface area contributed by atoms with E-state index in [1.807, 2.05) is 6.92 Å². The fourth-order valence-electron chi connectivity index (χ4n) is 0.374. The van der Waals surface area contributed by atoms with Gasteiger partial charge in [0, 0.05) is 7.79 Å². The molecule has 1 nitrogen and oxygen atoms in total. The van der Waals surface area contributed by atoms with Crippen molar-refractivity contribution in [3.63, 3.8) is 0 Å². The van der Waals surface area contributed by atoms with Crippen LogP contribution in [-0.2, 0) is 4.79 Å². The molecule has 0 rings (SSSR count). The minimum atomic E-state index is -0.0417. The predicted molar refractivity (Wildman–Crippen MR) is 84.1 cm³/mol. The van der Waals surface area contributed by atoms with Gasteiger partial charge in [0.25, 0.3) is 0 Å². The monoisotopic (exact) mass is 229 g/mol. The van der Waals surface area contributed by atoms with Gasteiger partial charge >= 0.3 is 0 Å². The molecule has 0 saturated carbocycles. The number of hydrogen-bond acceptors (Lipinski definition) is 1. The van der Waals surface area contributed by atoms with Crippen LogP contribution in [0.5, 0.6) is 0 Å². The molecular weight excluding hydrogens is 184 g/mol. The van der Waals surface area contributed by atoms with Crippen molar-refractivity contribution in [1.82, 2.24) is 0 Å². The lowest BCUT2D eigenvalue weighted by molar-refractivity contribution is -0.117. The Morgan fingerprint density at radius 3 is 1.47 bits per heavy atom. The van der Waals surface area contributed by atoms with E-state index in [9.17, 15) is 4.79 Å². The third kappa shape index (κ3) is 138. The van der Waals surface area contributed by atoms with Crippen LogP contribution in [0.3, 0.4) is 0 Å². The molecule has 0 heterocycles. The number of ketones is 1. The fourth-order valence-corrected chi connectivity index (χ4v) is 0.374.